The molecule has 8 heteroatoms. The first kappa shape index (κ1) is 16.1. The minimum Gasteiger partial charge on any atom is -0.364 e. The summed E-state index contributed by atoms with van der Waals surface area (Å²) in [4.78, 5) is 11.1. The highest BCUT2D eigenvalue weighted by Crippen LogP contribution is 2.39. The molecular formula is C14H14BrClN4S2. The van der Waals surface area contributed by atoms with Crippen molar-refractivity contribution < 1.29 is 0 Å². The third kappa shape index (κ3) is 3.44. The lowest BCUT2D eigenvalue weighted by Crippen LogP contribution is -2.17. The summed E-state index contributed by atoms with van der Waals surface area (Å²) in [5, 5.41) is 5.66. The van der Waals surface area contributed by atoms with Gasteiger partial charge in [0.25, 0.3) is 0 Å². The summed E-state index contributed by atoms with van der Waals surface area (Å²) in [5.41, 5.74) is 6.76. The molecule has 0 aliphatic carbocycles. The molecule has 3 aromatic rings. The maximum atomic E-state index is 6.07. The highest BCUT2D eigenvalue weighted by atomic mass is 79.9. The van der Waals surface area contributed by atoms with Crippen LogP contribution in [0, 0.1) is 0 Å². The number of nitrogens with one attached hydrogen (secondary N) is 1. The molecule has 3 rings (SSSR count). The van der Waals surface area contributed by atoms with Gasteiger partial charge in [-0.3, -0.25) is 0 Å². The normalized spacial score (nSPS) is 12.7. The number of hydrogen-bond acceptors (Lipinski definition) is 6. The van der Waals surface area contributed by atoms with Gasteiger partial charge in [0.1, 0.15) is 11.3 Å². The van der Waals surface area contributed by atoms with Crippen molar-refractivity contribution in [2.75, 3.05) is 5.32 Å². The van der Waals surface area contributed by atoms with E-state index in [1.807, 2.05) is 13.0 Å². The number of halogens is 2. The topological polar surface area (TPSA) is 63.8 Å². The number of anilines is 1. The molecule has 3 aromatic heterocycles. The van der Waals surface area contributed by atoms with Gasteiger partial charge in [-0.1, -0.05) is 6.07 Å². The van der Waals surface area contributed by atoms with Crippen LogP contribution in [0.3, 0.4) is 0 Å². The van der Waals surface area contributed by atoms with Crippen LogP contribution in [0.5, 0.6) is 0 Å². The quantitative estimate of drug-likeness (QED) is 0.592. The maximum Gasteiger partial charge on any atom is 0.225 e. The van der Waals surface area contributed by atoms with E-state index < -0.39 is 0 Å². The van der Waals surface area contributed by atoms with E-state index in [4.69, 9.17) is 17.3 Å². The van der Waals surface area contributed by atoms with E-state index in [2.05, 4.69) is 42.7 Å². The molecule has 0 saturated heterocycles. The average molecular weight is 418 g/mol. The molecule has 4 nitrogen and oxygen atoms in total. The summed E-state index contributed by atoms with van der Waals surface area (Å²) < 4.78 is 1.97. The first-order valence-corrected chi connectivity index (χ1v) is 9.57. The summed E-state index contributed by atoms with van der Waals surface area (Å²) in [6.07, 6.45) is 0.795. The van der Waals surface area contributed by atoms with E-state index in [1.165, 1.54) is 9.75 Å². The Hall–Kier alpha value is -0.730. The number of nitrogens with two attached hydrogens (primary N) is 1. The van der Waals surface area contributed by atoms with Crippen molar-refractivity contribution in [3.8, 4) is 0 Å². The summed E-state index contributed by atoms with van der Waals surface area (Å²) in [5.74, 6) is 0.769. The second kappa shape index (κ2) is 6.80. The Balaban J connectivity index is 1.98. The Morgan fingerprint density at radius 2 is 2.27 bits per heavy atom. The van der Waals surface area contributed by atoms with E-state index in [0.29, 0.717) is 0 Å². The smallest absolute Gasteiger partial charge is 0.225 e. The molecule has 3 N–H and O–H groups in total. The van der Waals surface area contributed by atoms with Gasteiger partial charge in [-0.2, -0.15) is 4.98 Å². The third-order valence-electron chi connectivity index (χ3n) is 3.03. The fourth-order valence-electron chi connectivity index (χ4n) is 2.10. The van der Waals surface area contributed by atoms with Gasteiger partial charge in [-0.05, 0) is 52.3 Å². The summed E-state index contributed by atoms with van der Waals surface area (Å²) >= 11 is 13.1. The van der Waals surface area contributed by atoms with E-state index in [-0.39, 0.29) is 11.3 Å². The Morgan fingerprint density at radius 3 is 2.95 bits per heavy atom. The molecule has 0 aliphatic rings. The number of thiophene rings is 2. The summed E-state index contributed by atoms with van der Waals surface area (Å²) in [6.45, 7) is 2.71. The van der Waals surface area contributed by atoms with Gasteiger partial charge in [-0.15, -0.1) is 22.7 Å². The fraction of sp³-hybridized carbons (Fsp3) is 0.286. The van der Waals surface area contributed by atoms with Crippen molar-refractivity contribution in [2.24, 2.45) is 5.73 Å². The number of fused-ring (bicyclic) bond motifs is 1. The molecule has 1 unspecified atom stereocenters. The summed E-state index contributed by atoms with van der Waals surface area (Å²) in [6, 6.07) is 4.21. The molecule has 0 spiro atoms. The van der Waals surface area contributed by atoms with E-state index in [1.54, 1.807) is 22.7 Å². The van der Waals surface area contributed by atoms with Crippen LogP contribution >= 0.6 is 50.2 Å². The number of rotatable bonds is 5. The number of nitrogens with zero attached hydrogens (tertiary/aromatic N) is 2. The monoisotopic (exact) mass is 416 g/mol. The first-order chi connectivity index (χ1) is 10.5. The molecule has 0 aromatic carbocycles. The Bertz CT molecular complexity index is 786. The largest absolute Gasteiger partial charge is 0.364 e. The van der Waals surface area contributed by atoms with Crippen molar-refractivity contribution >= 4 is 66.2 Å². The Kier molecular flexibility index (Phi) is 4.99. The van der Waals surface area contributed by atoms with Crippen LogP contribution in [0.2, 0.25) is 5.28 Å². The van der Waals surface area contributed by atoms with Crippen LogP contribution in [-0.2, 0) is 13.0 Å². The van der Waals surface area contributed by atoms with Gasteiger partial charge in [0.05, 0.1) is 15.7 Å². The SMILES string of the molecule is CC(N)Cc1sc2c(NCc3cccs3)nc(Cl)nc2c1Br. The Morgan fingerprint density at radius 1 is 1.45 bits per heavy atom. The minimum atomic E-state index is 0.0929. The van der Waals surface area contributed by atoms with Crippen LogP contribution in [-0.4, -0.2) is 16.0 Å². The predicted molar refractivity (Wildman–Crippen MR) is 99.1 cm³/mol. The van der Waals surface area contributed by atoms with Gasteiger partial charge >= 0.3 is 0 Å². The zero-order valence-corrected chi connectivity index (χ0v) is 15.7. The molecule has 0 amide bonds. The van der Waals surface area contributed by atoms with Gasteiger partial charge < -0.3 is 11.1 Å². The van der Waals surface area contributed by atoms with E-state index in [0.717, 1.165) is 33.5 Å². The van der Waals surface area contributed by atoms with Crippen LogP contribution in [0.25, 0.3) is 10.2 Å². The lowest BCUT2D eigenvalue weighted by molar-refractivity contribution is 0.745. The van der Waals surface area contributed by atoms with E-state index in [9.17, 15) is 0 Å². The fourth-order valence-corrected chi connectivity index (χ4v) is 4.97. The van der Waals surface area contributed by atoms with Crippen molar-refractivity contribution in [1.29, 1.82) is 0 Å². The zero-order chi connectivity index (χ0) is 15.7. The van der Waals surface area contributed by atoms with Crippen LogP contribution in [0.4, 0.5) is 5.82 Å². The second-order valence-electron chi connectivity index (χ2n) is 4.97. The second-order valence-corrected chi connectivity index (χ2v) is 8.24. The van der Waals surface area contributed by atoms with Crippen molar-refractivity contribution in [1.82, 2.24) is 9.97 Å². The van der Waals surface area contributed by atoms with Gasteiger partial charge in [0.2, 0.25) is 5.28 Å². The summed E-state index contributed by atoms with van der Waals surface area (Å²) in [7, 11) is 0. The van der Waals surface area contributed by atoms with Crippen molar-refractivity contribution in [2.45, 2.75) is 25.9 Å². The molecule has 0 bridgehead atoms. The highest BCUT2D eigenvalue weighted by molar-refractivity contribution is 9.10. The standard InChI is InChI=1S/C14H14BrClN4S2/c1-7(17)5-9-10(15)11-12(22-9)13(20-14(16)19-11)18-6-8-3-2-4-21-8/h2-4,7H,5-6,17H2,1H3,(H,18,19,20). The third-order valence-corrected chi connectivity index (χ3v) is 6.40. The molecule has 3 heterocycles. The predicted octanol–water partition coefficient (Wildman–Crippen LogP) is 4.67. The van der Waals surface area contributed by atoms with Crippen LogP contribution in [0.1, 0.15) is 16.7 Å². The molecular weight excluding hydrogens is 404 g/mol. The molecule has 1 atom stereocenters. The molecule has 22 heavy (non-hydrogen) atoms. The van der Waals surface area contributed by atoms with Crippen LogP contribution < -0.4 is 11.1 Å². The van der Waals surface area contributed by atoms with E-state index >= 15 is 0 Å². The number of aromatic nitrogens is 2. The molecule has 0 radical (unpaired) electrons. The average Bonchev–Trinajstić information content (AvgIpc) is 3.07. The molecule has 0 aliphatic heterocycles. The zero-order valence-electron chi connectivity index (χ0n) is 11.8. The maximum absolute atomic E-state index is 6.07. The van der Waals surface area contributed by atoms with Gasteiger partial charge in [0.15, 0.2) is 0 Å². The first-order valence-electron chi connectivity index (χ1n) is 6.71. The molecule has 0 fully saturated rings. The van der Waals surface area contributed by atoms with Crippen molar-refractivity contribution in [3.05, 3.63) is 37.0 Å². The van der Waals surface area contributed by atoms with Gasteiger partial charge in [-0.25, -0.2) is 4.98 Å². The Labute approximate surface area is 149 Å². The number of hydrogen-bond donors (Lipinski definition) is 2. The minimum absolute atomic E-state index is 0.0929. The van der Waals surface area contributed by atoms with Gasteiger partial charge in [0, 0.05) is 15.8 Å². The highest BCUT2D eigenvalue weighted by Gasteiger charge is 2.17. The van der Waals surface area contributed by atoms with Crippen molar-refractivity contribution in [3.63, 3.8) is 0 Å². The van der Waals surface area contributed by atoms with Crippen LogP contribution in [0.15, 0.2) is 22.0 Å². The lowest BCUT2D eigenvalue weighted by atomic mass is 10.2. The lowest BCUT2D eigenvalue weighted by Gasteiger charge is -2.05. The molecule has 116 valence electrons. The molecule has 0 saturated carbocycles.